The fourth-order valence-corrected chi connectivity index (χ4v) is 1.79. The lowest BCUT2D eigenvalue weighted by atomic mass is 10.2. The molecule has 5 nitrogen and oxygen atoms in total. The first-order valence-corrected chi connectivity index (χ1v) is 6.74. The first kappa shape index (κ1) is 15.4. The van der Waals surface area contributed by atoms with E-state index in [1.54, 1.807) is 12.3 Å². The third-order valence-electron chi connectivity index (χ3n) is 2.94. The van der Waals surface area contributed by atoms with Gasteiger partial charge in [0.1, 0.15) is 11.6 Å². The minimum absolute atomic E-state index is 0.176. The molecule has 1 aromatic carbocycles. The Morgan fingerprint density at radius 1 is 1.36 bits per heavy atom. The summed E-state index contributed by atoms with van der Waals surface area (Å²) in [4.78, 5) is 15.8. The van der Waals surface area contributed by atoms with E-state index in [9.17, 15) is 9.18 Å². The lowest BCUT2D eigenvalue weighted by Gasteiger charge is -2.08. The Kier molecular flexibility index (Phi) is 5.04. The Bertz CT molecular complexity index is 707. The summed E-state index contributed by atoms with van der Waals surface area (Å²) in [5.41, 5.74) is 1.53. The maximum absolute atomic E-state index is 13.6. The normalized spacial score (nSPS) is 9.86. The molecule has 22 heavy (non-hydrogen) atoms. The van der Waals surface area contributed by atoms with E-state index in [4.69, 9.17) is 5.26 Å². The standard InChI is InChI=1S/C16H15FN4O/c1-11-2-5-15(20-10-11)21-16(22)6-7-19-14-4-3-12(9-18)8-13(14)17/h2-5,8,10,19H,6-7H2,1H3,(H,20,21,22). The number of pyridine rings is 1. The van der Waals surface area contributed by atoms with Gasteiger partial charge in [0.25, 0.3) is 0 Å². The lowest BCUT2D eigenvalue weighted by molar-refractivity contribution is -0.116. The molecule has 2 aromatic rings. The molecule has 0 bridgehead atoms. The number of hydrogen-bond acceptors (Lipinski definition) is 4. The van der Waals surface area contributed by atoms with Crippen LogP contribution in [0.1, 0.15) is 17.5 Å². The number of nitriles is 1. The summed E-state index contributed by atoms with van der Waals surface area (Å²) in [6.07, 6.45) is 1.84. The van der Waals surface area contributed by atoms with Gasteiger partial charge in [-0.3, -0.25) is 4.79 Å². The van der Waals surface area contributed by atoms with Crippen molar-refractivity contribution in [3.63, 3.8) is 0 Å². The molecule has 2 rings (SSSR count). The van der Waals surface area contributed by atoms with Gasteiger partial charge < -0.3 is 10.6 Å². The maximum atomic E-state index is 13.6. The van der Waals surface area contributed by atoms with Crippen molar-refractivity contribution in [2.45, 2.75) is 13.3 Å². The van der Waals surface area contributed by atoms with Crippen LogP contribution >= 0.6 is 0 Å². The smallest absolute Gasteiger partial charge is 0.227 e. The fraction of sp³-hybridized carbons (Fsp3) is 0.188. The van der Waals surface area contributed by atoms with Crippen LogP contribution in [0.2, 0.25) is 0 Å². The molecular formula is C16H15FN4O. The predicted molar refractivity (Wildman–Crippen MR) is 81.8 cm³/mol. The highest BCUT2D eigenvalue weighted by molar-refractivity contribution is 5.90. The van der Waals surface area contributed by atoms with Crippen molar-refractivity contribution in [1.82, 2.24) is 4.98 Å². The number of aryl methyl sites for hydroxylation is 1. The van der Waals surface area contributed by atoms with E-state index < -0.39 is 5.82 Å². The highest BCUT2D eigenvalue weighted by atomic mass is 19.1. The predicted octanol–water partition coefficient (Wildman–Crippen LogP) is 2.84. The Morgan fingerprint density at radius 2 is 2.18 bits per heavy atom. The molecule has 1 heterocycles. The molecule has 1 aromatic heterocycles. The third kappa shape index (κ3) is 4.28. The summed E-state index contributed by atoms with van der Waals surface area (Å²) in [6.45, 7) is 2.19. The molecular weight excluding hydrogens is 283 g/mol. The second-order valence-electron chi connectivity index (χ2n) is 4.75. The number of nitrogens with zero attached hydrogens (tertiary/aromatic N) is 2. The van der Waals surface area contributed by atoms with Crippen LogP contribution < -0.4 is 10.6 Å². The highest BCUT2D eigenvalue weighted by Crippen LogP contribution is 2.15. The van der Waals surface area contributed by atoms with E-state index in [1.807, 2.05) is 19.1 Å². The van der Waals surface area contributed by atoms with Crippen molar-refractivity contribution < 1.29 is 9.18 Å². The number of amides is 1. The number of carbonyl (C=O) groups excluding carboxylic acids is 1. The SMILES string of the molecule is Cc1ccc(NC(=O)CCNc2ccc(C#N)cc2F)nc1. The lowest BCUT2D eigenvalue weighted by Crippen LogP contribution is -2.17. The van der Waals surface area contributed by atoms with E-state index in [2.05, 4.69) is 15.6 Å². The van der Waals surface area contributed by atoms with E-state index in [1.165, 1.54) is 12.1 Å². The molecule has 0 aliphatic carbocycles. The first-order valence-electron chi connectivity index (χ1n) is 6.74. The van der Waals surface area contributed by atoms with E-state index in [0.29, 0.717) is 5.82 Å². The number of benzene rings is 1. The zero-order valence-corrected chi connectivity index (χ0v) is 12.1. The average molecular weight is 298 g/mol. The Hall–Kier alpha value is -2.94. The summed E-state index contributed by atoms with van der Waals surface area (Å²) >= 11 is 0. The van der Waals surface area contributed by atoms with Gasteiger partial charge in [0.2, 0.25) is 5.91 Å². The number of aromatic nitrogens is 1. The zero-order valence-electron chi connectivity index (χ0n) is 12.1. The average Bonchev–Trinajstić information content (AvgIpc) is 2.51. The van der Waals surface area contributed by atoms with Gasteiger partial charge in [0, 0.05) is 19.2 Å². The van der Waals surface area contributed by atoms with Crippen LogP contribution in [0.5, 0.6) is 0 Å². The van der Waals surface area contributed by atoms with Gasteiger partial charge in [-0.2, -0.15) is 5.26 Å². The summed E-state index contributed by atoms with van der Waals surface area (Å²) in [6, 6.07) is 9.59. The van der Waals surface area contributed by atoms with Crippen molar-refractivity contribution in [1.29, 1.82) is 5.26 Å². The second-order valence-corrected chi connectivity index (χ2v) is 4.75. The number of carbonyl (C=O) groups is 1. The summed E-state index contributed by atoms with van der Waals surface area (Å²) in [5, 5.41) is 14.1. The quantitative estimate of drug-likeness (QED) is 0.889. The topological polar surface area (TPSA) is 77.8 Å². The fourth-order valence-electron chi connectivity index (χ4n) is 1.79. The van der Waals surface area contributed by atoms with E-state index >= 15 is 0 Å². The van der Waals surface area contributed by atoms with Gasteiger partial charge in [-0.05, 0) is 36.8 Å². The van der Waals surface area contributed by atoms with Crippen LogP contribution in [0.15, 0.2) is 36.5 Å². The van der Waals surface area contributed by atoms with Crippen molar-refractivity contribution >= 4 is 17.4 Å². The molecule has 0 saturated heterocycles. The second kappa shape index (κ2) is 7.18. The highest BCUT2D eigenvalue weighted by Gasteiger charge is 2.06. The molecule has 0 aliphatic heterocycles. The van der Waals surface area contributed by atoms with Crippen LogP contribution in [0.3, 0.4) is 0 Å². The molecule has 0 atom stereocenters. The van der Waals surface area contributed by atoms with Crippen LogP contribution in [0, 0.1) is 24.1 Å². The van der Waals surface area contributed by atoms with Gasteiger partial charge in [0.05, 0.1) is 17.3 Å². The number of hydrogen-bond donors (Lipinski definition) is 2. The van der Waals surface area contributed by atoms with Crippen LogP contribution in [-0.2, 0) is 4.79 Å². The minimum Gasteiger partial charge on any atom is -0.382 e. The van der Waals surface area contributed by atoms with Crippen LogP contribution in [0.4, 0.5) is 15.9 Å². The molecule has 0 spiro atoms. The van der Waals surface area contributed by atoms with Gasteiger partial charge in [-0.15, -0.1) is 0 Å². The maximum Gasteiger partial charge on any atom is 0.227 e. The molecule has 6 heteroatoms. The molecule has 2 N–H and O–H groups in total. The number of halogens is 1. The first-order chi connectivity index (χ1) is 10.6. The van der Waals surface area contributed by atoms with Crippen molar-refractivity contribution in [3.8, 4) is 6.07 Å². The number of anilines is 2. The van der Waals surface area contributed by atoms with Gasteiger partial charge in [0.15, 0.2) is 0 Å². The molecule has 0 aliphatic rings. The van der Waals surface area contributed by atoms with Gasteiger partial charge in [-0.1, -0.05) is 6.07 Å². The molecule has 0 unspecified atom stereocenters. The van der Waals surface area contributed by atoms with Gasteiger partial charge in [-0.25, -0.2) is 9.37 Å². The third-order valence-corrected chi connectivity index (χ3v) is 2.94. The summed E-state index contributed by atoms with van der Waals surface area (Å²) < 4.78 is 13.6. The van der Waals surface area contributed by atoms with Crippen LogP contribution in [0.25, 0.3) is 0 Å². The monoisotopic (exact) mass is 298 g/mol. The number of nitrogens with one attached hydrogen (secondary N) is 2. The minimum atomic E-state index is -0.514. The van der Waals surface area contributed by atoms with Crippen LogP contribution in [-0.4, -0.2) is 17.4 Å². The Morgan fingerprint density at radius 3 is 2.82 bits per heavy atom. The molecule has 1 amide bonds. The molecule has 0 radical (unpaired) electrons. The van der Waals surface area contributed by atoms with E-state index in [-0.39, 0.29) is 30.1 Å². The molecule has 0 saturated carbocycles. The zero-order chi connectivity index (χ0) is 15.9. The van der Waals surface area contributed by atoms with Crippen molar-refractivity contribution in [2.75, 3.05) is 17.2 Å². The van der Waals surface area contributed by atoms with Crippen molar-refractivity contribution in [2.24, 2.45) is 0 Å². The summed E-state index contributed by atoms with van der Waals surface area (Å²) in [7, 11) is 0. The summed E-state index contributed by atoms with van der Waals surface area (Å²) in [5.74, 6) is -0.238. The number of rotatable bonds is 5. The Balaban J connectivity index is 1.82. The van der Waals surface area contributed by atoms with Crippen molar-refractivity contribution in [3.05, 3.63) is 53.5 Å². The molecule has 112 valence electrons. The van der Waals surface area contributed by atoms with E-state index in [0.717, 1.165) is 11.6 Å². The Labute approximate surface area is 127 Å². The molecule has 0 fully saturated rings. The largest absolute Gasteiger partial charge is 0.382 e. The van der Waals surface area contributed by atoms with Gasteiger partial charge >= 0.3 is 0 Å².